The van der Waals surface area contributed by atoms with E-state index in [-0.39, 0.29) is 17.5 Å². The second kappa shape index (κ2) is 7.96. The highest BCUT2D eigenvalue weighted by Crippen LogP contribution is 2.31. The number of nitrogens with one attached hydrogen (secondary N) is 1. The highest BCUT2D eigenvalue weighted by molar-refractivity contribution is 7.99. The molecular weight excluding hydrogens is 365 g/mol. The van der Waals surface area contributed by atoms with Crippen LogP contribution in [0.5, 0.6) is 0 Å². The number of thioether (sulfide) groups is 1. The minimum atomic E-state index is -0.310. The fraction of sp³-hybridized carbons (Fsp3) is 0.316. The summed E-state index contributed by atoms with van der Waals surface area (Å²) in [5.41, 5.74) is 0.676. The first-order chi connectivity index (χ1) is 13.2. The molecule has 0 unspecified atom stereocenters. The third-order valence-corrected chi connectivity index (χ3v) is 5.60. The van der Waals surface area contributed by atoms with Crippen molar-refractivity contribution < 1.29 is 9.18 Å². The smallest absolute Gasteiger partial charge is 0.235 e. The van der Waals surface area contributed by atoms with Gasteiger partial charge >= 0.3 is 0 Å². The molecule has 2 heterocycles. The van der Waals surface area contributed by atoms with E-state index in [9.17, 15) is 9.18 Å². The minimum absolute atomic E-state index is 0.117. The summed E-state index contributed by atoms with van der Waals surface area (Å²) in [7, 11) is 0. The van der Waals surface area contributed by atoms with Gasteiger partial charge in [-0.15, -0.1) is 0 Å². The molecule has 1 N–H and O–H groups in total. The van der Waals surface area contributed by atoms with Crippen molar-refractivity contribution in [2.45, 2.75) is 36.9 Å². The molecule has 0 spiro atoms. The number of hydrogen-bond acceptors (Lipinski definition) is 4. The molecule has 4 rings (SSSR count). The van der Waals surface area contributed by atoms with Gasteiger partial charge in [-0.3, -0.25) is 9.36 Å². The van der Waals surface area contributed by atoms with Gasteiger partial charge in [-0.25, -0.2) is 14.1 Å². The summed E-state index contributed by atoms with van der Waals surface area (Å²) < 4.78 is 17.2. The lowest BCUT2D eigenvalue weighted by Crippen LogP contribution is -2.19. The molecule has 1 aliphatic carbocycles. The normalized spacial score (nSPS) is 14.6. The van der Waals surface area contributed by atoms with E-state index in [2.05, 4.69) is 15.4 Å². The molecule has 3 aromatic rings. The maximum Gasteiger partial charge on any atom is 0.235 e. The summed E-state index contributed by atoms with van der Waals surface area (Å²) in [5.74, 6) is 0.520. The first-order valence-electron chi connectivity index (χ1n) is 8.96. The maximum atomic E-state index is 13.5. The van der Waals surface area contributed by atoms with E-state index in [1.54, 1.807) is 35.3 Å². The summed E-state index contributed by atoms with van der Waals surface area (Å²) in [4.78, 5) is 16.7. The summed E-state index contributed by atoms with van der Waals surface area (Å²) in [6.07, 6.45) is 9.73. The quantitative estimate of drug-likeness (QED) is 0.650. The predicted octanol–water partition coefficient (Wildman–Crippen LogP) is 4.05. The van der Waals surface area contributed by atoms with Gasteiger partial charge in [0.25, 0.3) is 0 Å². The predicted molar refractivity (Wildman–Crippen MR) is 103 cm³/mol. The molecule has 8 heteroatoms. The minimum Gasteiger partial charge on any atom is -0.310 e. The topological polar surface area (TPSA) is 64.7 Å². The Bertz CT molecular complexity index is 932. The number of halogens is 1. The van der Waals surface area contributed by atoms with Crippen LogP contribution in [0.3, 0.4) is 0 Å². The van der Waals surface area contributed by atoms with Crippen LogP contribution < -0.4 is 5.32 Å². The van der Waals surface area contributed by atoms with Crippen molar-refractivity contribution in [2.75, 3.05) is 11.1 Å². The van der Waals surface area contributed by atoms with Gasteiger partial charge in [0.05, 0.1) is 23.7 Å². The molecule has 1 saturated carbocycles. The molecule has 1 aliphatic rings. The monoisotopic (exact) mass is 385 g/mol. The summed E-state index contributed by atoms with van der Waals surface area (Å²) >= 11 is 1.31. The fourth-order valence-electron chi connectivity index (χ4n) is 3.38. The summed E-state index contributed by atoms with van der Waals surface area (Å²) in [6, 6.07) is 8.48. The molecule has 2 aromatic heterocycles. The highest BCUT2D eigenvalue weighted by Gasteiger charge is 2.20. The largest absolute Gasteiger partial charge is 0.310 e. The molecule has 1 amide bonds. The Labute approximate surface area is 160 Å². The molecule has 1 fully saturated rings. The van der Waals surface area contributed by atoms with Crippen molar-refractivity contribution in [3.8, 4) is 5.69 Å². The fourth-order valence-corrected chi connectivity index (χ4v) is 4.15. The Kier molecular flexibility index (Phi) is 5.24. The number of imidazole rings is 1. The van der Waals surface area contributed by atoms with Gasteiger partial charge in [0, 0.05) is 18.5 Å². The number of amides is 1. The highest BCUT2D eigenvalue weighted by atomic mass is 32.2. The van der Waals surface area contributed by atoms with Gasteiger partial charge in [-0.1, -0.05) is 30.7 Å². The second-order valence-corrected chi connectivity index (χ2v) is 7.44. The zero-order valence-electron chi connectivity index (χ0n) is 14.7. The summed E-state index contributed by atoms with van der Waals surface area (Å²) in [6.45, 7) is 0. The Balaban J connectivity index is 1.40. The third-order valence-electron chi connectivity index (χ3n) is 4.63. The molecular formula is C19H20FN5OS. The van der Waals surface area contributed by atoms with Gasteiger partial charge < -0.3 is 5.32 Å². The number of benzene rings is 1. The number of anilines is 1. The van der Waals surface area contributed by atoms with Crippen molar-refractivity contribution in [2.24, 2.45) is 0 Å². The van der Waals surface area contributed by atoms with E-state index in [0.29, 0.717) is 16.9 Å². The Morgan fingerprint density at radius 2 is 2.11 bits per heavy atom. The number of rotatable bonds is 6. The van der Waals surface area contributed by atoms with Gasteiger partial charge in [0.2, 0.25) is 5.91 Å². The van der Waals surface area contributed by atoms with Crippen LogP contribution in [0.4, 0.5) is 10.2 Å². The van der Waals surface area contributed by atoms with Crippen LogP contribution in [0.25, 0.3) is 5.69 Å². The molecule has 0 saturated heterocycles. The number of nitrogens with zero attached hydrogens (tertiary/aromatic N) is 4. The van der Waals surface area contributed by atoms with Crippen LogP contribution in [0.15, 0.2) is 54.1 Å². The van der Waals surface area contributed by atoms with E-state index in [4.69, 9.17) is 0 Å². The zero-order chi connectivity index (χ0) is 18.6. The molecule has 0 bridgehead atoms. The van der Waals surface area contributed by atoms with Crippen molar-refractivity contribution in [1.82, 2.24) is 19.3 Å². The zero-order valence-corrected chi connectivity index (χ0v) is 15.5. The molecule has 0 radical (unpaired) electrons. The van der Waals surface area contributed by atoms with Crippen LogP contribution in [-0.2, 0) is 4.79 Å². The third kappa shape index (κ3) is 4.05. The SMILES string of the molecule is O=C(CSc1nccn1-c1cccc(F)c1)Nc1ccnn1C1CCCC1. The van der Waals surface area contributed by atoms with Gasteiger partial charge in [0.1, 0.15) is 11.6 Å². The van der Waals surface area contributed by atoms with Crippen LogP contribution in [0, 0.1) is 5.82 Å². The van der Waals surface area contributed by atoms with Gasteiger partial charge in [0.15, 0.2) is 5.16 Å². The van der Waals surface area contributed by atoms with Gasteiger partial charge in [-0.05, 0) is 31.0 Å². The average Bonchev–Trinajstić information content (AvgIpc) is 3.41. The lowest BCUT2D eigenvalue weighted by atomic mass is 10.2. The van der Waals surface area contributed by atoms with Crippen LogP contribution >= 0.6 is 11.8 Å². The van der Waals surface area contributed by atoms with Crippen molar-refractivity contribution in [3.05, 3.63) is 54.7 Å². The van der Waals surface area contributed by atoms with E-state index in [0.717, 1.165) is 18.7 Å². The molecule has 27 heavy (non-hydrogen) atoms. The number of carbonyl (C=O) groups excluding carboxylic acids is 1. The first-order valence-corrected chi connectivity index (χ1v) is 9.95. The van der Waals surface area contributed by atoms with E-state index < -0.39 is 0 Å². The Hall–Kier alpha value is -2.61. The maximum absolute atomic E-state index is 13.5. The van der Waals surface area contributed by atoms with Crippen LogP contribution in [-0.4, -0.2) is 31.0 Å². The summed E-state index contributed by atoms with van der Waals surface area (Å²) in [5, 5.41) is 7.95. The van der Waals surface area contributed by atoms with E-state index in [1.165, 1.54) is 36.7 Å². The standard InChI is InChI=1S/C19H20FN5OS/c20-14-4-3-7-16(12-14)24-11-10-21-19(24)27-13-18(26)23-17-8-9-22-25(17)15-5-1-2-6-15/h3-4,7-12,15H,1-2,5-6,13H2,(H,23,26). The number of aromatic nitrogens is 4. The Morgan fingerprint density at radius 1 is 1.26 bits per heavy atom. The Morgan fingerprint density at radius 3 is 2.93 bits per heavy atom. The van der Waals surface area contributed by atoms with Crippen LogP contribution in [0.1, 0.15) is 31.7 Å². The van der Waals surface area contributed by atoms with E-state index >= 15 is 0 Å². The lowest BCUT2D eigenvalue weighted by molar-refractivity contribution is -0.113. The van der Waals surface area contributed by atoms with E-state index in [1.807, 2.05) is 10.7 Å². The molecule has 6 nitrogen and oxygen atoms in total. The average molecular weight is 385 g/mol. The molecule has 1 aromatic carbocycles. The van der Waals surface area contributed by atoms with Gasteiger partial charge in [-0.2, -0.15) is 5.10 Å². The molecule has 0 atom stereocenters. The number of carbonyl (C=O) groups is 1. The lowest BCUT2D eigenvalue weighted by Gasteiger charge is -2.14. The first kappa shape index (κ1) is 17.8. The van der Waals surface area contributed by atoms with Crippen LogP contribution in [0.2, 0.25) is 0 Å². The molecule has 0 aliphatic heterocycles. The van der Waals surface area contributed by atoms with Crippen molar-refractivity contribution in [3.63, 3.8) is 0 Å². The second-order valence-electron chi connectivity index (χ2n) is 6.50. The molecule has 140 valence electrons. The van der Waals surface area contributed by atoms with Crippen molar-refractivity contribution in [1.29, 1.82) is 0 Å². The number of hydrogen-bond donors (Lipinski definition) is 1. The van der Waals surface area contributed by atoms with Crippen molar-refractivity contribution >= 4 is 23.5 Å².